The molecule has 0 heterocycles. The van der Waals surface area contributed by atoms with Crippen molar-refractivity contribution >= 4 is 0 Å². The Balaban J connectivity index is 1.94. The van der Waals surface area contributed by atoms with E-state index in [1.807, 2.05) is 0 Å². The predicted molar refractivity (Wildman–Crippen MR) is 67.0 cm³/mol. The number of aliphatic hydroxyl groups is 3. The zero-order chi connectivity index (χ0) is 13.0. The van der Waals surface area contributed by atoms with Gasteiger partial charge in [-0.05, 0) is 36.3 Å². The van der Waals surface area contributed by atoms with Crippen molar-refractivity contribution in [1.82, 2.24) is 0 Å². The highest BCUT2D eigenvalue weighted by molar-refractivity contribution is 5.41. The van der Waals surface area contributed by atoms with E-state index in [9.17, 15) is 0 Å². The first-order valence-electron chi connectivity index (χ1n) is 5.79. The smallest absolute Gasteiger partial charge is 0.178 e. The van der Waals surface area contributed by atoms with Crippen molar-refractivity contribution in [1.29, 1.82) is 0 Å². The number of hydrogen-bond acceptors (Lipinski definition) is 3. The minimum atomic E-state index is -1.45. The molecule has 0 aromatic heterocycles. The monoisotopic (exact) mass is 242 g/mol. The van der Waals surface area contributed by atoms with E-state index in [1.165, 1.54) is 0 Å². The van der Waals surface area contributed by atoms with Crippen LogP contribution in [0.15, 0.2) is 24.3 Å². The molecule has 0 amide bonds. The fourth-order valence-corrected chi connectivity index (χ4v) is 1.60. The minimum Gasteiger partial charge on any atom is -0.396 e. The van der Waals surface area contributed by atoms with Crippen LogP contribution in [0.2, 0.25) is 0 Å². The molecule has 0 radical (unpaired) electrons. The Kier molecular flexibility index (Phi) is 4.02. The summed E-state index contributed by atoms with van der Waals surface area (Å²) >= 11 is 0. The van der Waals surface area contributed by atoms with Crippen molar-refractivity contribution in [2.75, 3.05) is 6.61 Å². The van der Waals surface area contributed by atoms with Crippen LogP contribution >= 0.6 is 0 Å². The van der Waals surface area contributed by atoms with Gasteiger partial charge in [0.25, 0.3) is 0 Å². The highest BCUT2D eigenvalue weighted by Crippen LogP contribution is 2.36. The first-order valence-corrected chi connectivity index (χ1v) is 5.79. The van der Waals surface area contributed by atoms with Gasteiger partial charge in [0.1, 0.15) is 0 Å². The van der Waals surface area contributed by atoms with Gasteiger partial charge in [-0.2, -0.15) is 0 Å². The topological polar surface area (TPSA) is 60.7 Å². The van der Waals surface area contributed by atoms with Crippen LogP contribution in [-0.2, 0) is 0 Å². The lowest BCUT2D eigenvalue weighted by atomic mass is 10.1. The standard InChI is InChI=1S/C15H14O3/c16-10-14-9-13(14)4-2-1-3-11-5-7-12(8-6-11)15(17)18/h5-8,13-18H,9-10H2. The molecule has 0 bridgehead atoms. The highest BCUT2D eigenvalue weighted by atomic mass is 16.5. The molecule has 3 N–H and O–H groups in total. The molecule has 18 heavy (non-hydrogen) atoms. The van der Waals surface area contributed by atoms with Crippen LogP contribution in [0, 0.1) is 35.5 Å². The van der Waals surface area contributed by atoms with Gasteiger partial charge in [0.2, 0.25) is 0 Å². The number of aliphatic hydroxyl groups excluding tert-OH is 2. The van der Waals surface area contributed by atoms with Crippen molar-refractivity contribution in [3.63, 3.8) is 0 Å². The van der Waals surface area contributed by atoms with Crippen molar-refractivity contribution in [3.05, 3.63) is 35.4 Å². The van der Waals surface area contributed by atoms with Gasteiger partial charge in [-0.1, -0.05) is 24.0 Å². The fraction of sp³-hybridized carbons (Fsp3) is 0.333. The van der Waals surface area contributed by atoms with Crippen LogP contribution in [0.4, 0.5) is 0 Å². The van der Waals surface area contributed by atoms with Crippen LogP contribution in [0.1, 0.15) is 23.8 Å². The molecule has 2 rings (SSSR count). The van der Waals surface area contributed by atoms with Gasteiger partial charge >= 0.3 is 0 Å². The van der Waals surface area contributed by atoms with Crippen molar-refractivity contribution < 1.29 is 15.3 Å². The molecular weight excluding hydrogens is 228 g/mol. The van der Waals surface area contributed by atoms with E-state index in [-0.39, 0.29) is 6.61 Å². The first kappa shape index (κ1) is 12.7. The van der Waals surface area contributed by atoms with Crippen molar-refractivity contribution in [2.45, 2.75) is 12.7 Å². The van der Waals surface area contributed by atoms with Gasteiger partial charge in [-0.25, -0.2) is 0 Å². The maximum atomic E-state index is 8.92. The zero-order valence-electron chi connectivity index (χ0n) is 9.80. The second-order valence-corrected chi connectivity index (χ2v) is 4.30. The largest absolute Gasteiger partial charge is 0.396 e. The van der Waals surface area contributed by atoms with Crippen LogP contribution < -0.4 is 0 Å². The van der Waals surface area contributed by atoms with Crippen LogP contribution in [0.25, 0.3) is 0 Å². The molecule has 92 valence electrons. The van der Waals surface area contributed by atoms with E-state index in [4.69, 9.17) is 15.3 Å². The van der Waals surface area contributed by atoms with Gasteiger partial charge in [-0.15, -0.1) is 0 Å². The molecule has 2 unspecified atom stereocenters. The molecule has 0 spiro atoms. The summed E-state index contributed by atoms with van der Waals surface area (Å²) in [6.45, 7) is 0.206. The third-order valence-electron chi connectivity index (χ3n) is 2.89. The van der Waals surface area contributed by atoms with Gasteiger partial charge in [-0.3, -0.25) is 0 Å². The molecule has 2 atom stereocenters. The van der Waals surface area contributed by atoms with Crippen LogP contribution in [0.5, 0.6) is 0 Å². The quantitative estimate of drug-likeness (QED) is 0.527. The molecular formula is C15H14O3. The van der Waals surface area contributed by atoms with Crippen molar-refractivity contribution in [3.8, 4) is 23.7 Å². The van der Waals surface area contributed by atoms with Gasteiger partial charge in [0.15, 0.2) is 6.29 Å². The zero-order valence-corrected chi connectivity index (χ0v) is 9.80. The lowest BCUT2D eigenvalue weighted by Crippen LogP contribution is -1.93. The van der Waals surface area contributed by atoms with E-state index in [0.717, 1.165) is 12.0 Å². The summed E-state index contributed by atoms with van der Waals surface area (Å²) in [5.74, 6) is 12.0. The Labute approximate surface area is 106 Å². The molecule has 1 saturated carbocycles. The first-order chi connectivity index (χ1) is 8.70. The maximum Gasteiger partial charge on any atom is 0.178 e. The Morgan fingerprint density at radius 3 is 2.44 bits per heavy atom. The van der Waals surface area contributed by atoms with E-state index in [2.05, 4.69) is 23.7 Å². The van der Waals surface area contributed by atoms with Gasteiger partial charge < -0.3 is 15.3 Å². The average molecular weight is 242 g/mol. The molecule has 1 aromatic carbocycles. The third-order valence-corrected chi connectivity index (χ3v) is 2.89. The Morgan fingerprint density at radius 2 is 1.89 bits per heavy atom. The molecule has 1 aliphatic carbocycles. The predicted octanol–water partition coefficient (Wildman–Crippen LogP) is 0.653. The molecule has 3 nitrogen and oxygen atoms in total. The summed E-state index contributed by atoms with van der Waals surface area (Å²) in [4.78, 5) is 0. The lowest BCUT2D eigenvalue weighted by molar-refractivity contribution is -0.0424. The lowest BCUT2D eigenvalue weighted by Gasteiger charge is -2.01. The van der Waals surface area contributed by atoms with Crippen LogP contribution in [0.3, 0.4) is 0 Å². The number of hydrogen-bond donors (Lipinski definition) is 3. The third kappa shape index (κ3) is 3.35. The summed E-state index contributed by atoms with van der Waals surface area (Å²) in [5.41, 5.74) is 1.22. The van der Waals surface area contributed by atoms with Crippen molar-refractivity contribution in [2.24, 2.45) is 11.8 Å². The second-order valence-electron chi connectivity index (χ2n) is 4.30. The normalized spacial score (nSPS) is 20.7. The Bertz CT molecular complexity index is 523. The van der Waals surface area contributed by atoms with Gasteiger partial charge in [0.05, 0.1) is 0 Å². The number of rotatable bonds is 2. The molecule has 1 fully saturated rings. The molecule has 0 saturated heterocycles. The summed E-state index contributed by atoms with van der Waals surface area (Å²) in [6.07, 6.45) is -0.481. The highest BCUT2D eigenvalue weighted by Gasteiger charge is 2.34. The van der Waals surface area contributed by atoms with E-state index < -0.39 is 6.29 Å². The van der Waals surface area contributed by atoms with Gasteiger partial charge in [0, 0.05) is 23.7 Å². The van der Waals surface area contributed by atoms with Crippen LogP contribution in [-0.4, -0.2) is 21.9 Å². The van der Waals surface area contributed by atoms with E-state index in [1.54, 1.807) is 24.3 Å². The maximum absolute atomic E-state index is 8.92. The molecule has 1 aliphatic rings. The minimum absolute atomic E-state index is 0.206. The summed E-state index contributed by atoms with van der Waals surface area (Å²) in [5, 5.41) is 26.7. The van der Waals surface area contributed by atoms with E-state index in [0.29, 0.717) is 17.4 Å². The molecule has 1 aromatic rings. The SMILES string of the molecule is OCC1CC1C#CC#Cc1ccc(C(O)O)cc1. The molecule has 0 aliphatic heterocycles. The second kappa shape index (κ2) is 5.71. The number of benzene rings is 1. The van der Waals surface area contributed by atoms with E-state index >= 15 is 0 Å². The summed E-state index contributed by atoms with van der Waals surface area (Å²) < 4.78 is 0. The molecule has 3 heteroatoms. The Hall–Kier alpha value is -1.78. The summed E-state index contributed by atoms with van der Waals surface area (Å²) in [7, 11) is 0. The summed E-state index contributed by atoms with van der Waals surface area (Å²) in [6, 6.07) is 6.67. The Morgan fingerprint density at radius 1 is 1.17 bits per heavy atom. The average Bonchev–Trinajstić information content (AvgIpc) is 3.14. The fourth-order valence-electron chi connectivity index (χ4n) is 1.60.